The Bertz CT molecular complexity index is 1120. The van der Waals surface area contributed by atoms with Gasteiger partial charge in [0.2, 0.25) is 5.95 Å². The molecule has 4 rings (SSSR count). The van der Waals surface area contributed by atoms with Gasteiger partial charge in [-0.3, -0.25) is 0 Å². The summed E-state index contributed by atoms with van der Waals surface area (Å²) in [6.07, 6.45) is 4.34. The van der Waals surface area contributed by atoms with Gasteiger partial charge in [-0.05, 0) is 24.0 Å². The lowest BCUT2D eigenvalue weighted by Gasteiger charge is -2.19. The fraction of sp³-hybridized carbons (Fsp3) is 0.150. The first-order chi connectivity index (χ1) is 14.1. The Morgan fingerprint density at radius 2 is 1.83 bits per heavy atom. The average Bonchev–Trinajstić information content (AvgIpc) is 3.16. The monoisotopic (exact) mass is 408 g/mol. The minimum atomic E-state index is -0.932. The zero-order valence-electron chi connectivity index (χ0n) is 16.0. The van der Waals surface area contributed by atoms with Gasteiger partial charge in [0.15, 0.2) is 16.5 Å². The van der Waals surface area contributed by atoms with Gasteiger partial charge in [0.25, 0.3) is 0 Å². The van der Waals surface area contributed by atoms with Gasteiger partial charge in [-0.1, -0.05) is 42.1 Å². The van der Waals surface area contributed by atoms with Crippen LogP contribution in [0.5, 0.6) is 0 Å². The predicted molar refractivity (Wildman–Crippen MR) is 112 cm³/mol. The first-order valence-corrected chi connectivity index (χ1v) is 10.2. The maximum absolute atomic E-state index is 11.1. The molecule has 0 saturated heterocycles. The van der Waals surface area contributed by atoms with Crippen LogP contribution < -0.4 is 10.1 Å². The van der Waals surface area contributed by atoms with Crippen LogP contribution in [0.2, 0.25) is 0 Å². The maximum Gasteiger partial charge on any atom is 0.235 e. The van der Waals surface area contributed by atoms with Crippen LogP contribution in [0.3, 0.4) is 0 Å². The van der Waals surface area contributed by atoms with Crippen LogP contribution >= 0.6 is 11.8 Å². The largest absolute Gasteiger partial charge is 0.595 e. The van der Waals surface area contributed by atoms with E-state index in [0.29, 0.717) is 17.5 Å². The van der Waals surface area contributed by atoms with Crippen molar-refractivity contribution < 1.29 is 10.4 Å². The van der Waals surface area contributed by atoms with E-state index in [4.69, 9.17) is 5.21 Å². The molecule has 0 fully saturated rings. The summed E-state index contributed by atoms with van der Waals surface area (Å²) in [6, 6.07) is 16.8. The number of rotatable bonds is 6. The predicted octanol–water partition coefficient (Wildman–Crippen LogP) is 2.61. The van der Waals surface area contributed by atoms with E-state index < -0.39 is 5.23 Å². The molecule has 0 spiro atoms. The van der Waals surface area contributed by atoms with E-state index in [1.807, 2.05) is 60.7 Å². The van der Waals surface area contributed by atoms with Crippen LogP contribution in [0.15, 0.2) is 66.0 Å². The van der Waals surface area contributed by atoms with E-state index in [9.17, 15) is 5.21 Å². The van der Waals surface area contributed by atoms with E-state index in [1.54, 1.807) is 22.8 Å². The fourth-order valence-electron chi connectivity index (χ4n) is 3.08. The van der Waals surface area contributed by atoms with Crippen molar-refractivity contribution in [3.8, 4) is 0 Å². The first kappa shape index (κ1) is 19.3. The molecule has 9 heteroatoms. The maximum atomic E-state index is 11.1. The summed E-state index contributed by atoms with van der Waals surface area (Å²) in [5, 5.41) is 24.4. The number of nitrogens with zero attached hydrogens (tertiary/aromatic N) is 5. The van der Waals surface area contributed by atoms with Gasteiger partial charge in [0, 0.05) is 36.9 Å². The van der Waals surface area contributed by atoms with Crippen LogP contribution in [0, 0.1) is 5.21 Å². The molecule has 8 nitrogen and oxygen atoms in total. The summed E-state index contributed by atoms with van der Waals surface area (Å²) in [5.74, 6) is 0.679. The third-order valence-corrected chi connectivity index (χ3v) is 5.17. The highest BCUT2D eigenvalue weighted by Crippen LogP contribution is 2.26. The molecular formula is C20H20N6O2S. The van der Waals surface area contributed by atoms with Crippen molar-refractivity contribution >= 4 is 34.7 Å². The number of thioether (sulfide) groups is 1. The SMILES string of the molecule is CSc1nc(N(C)c2ccccc2)n2ncc(Cc3ccc([NH+]([O-])O)cc3)c2n1. The molecule has 2 aromatic carbocycles. The molecule has 0 aliphatic heterocycles. The van der Waals surface area contributed by atoms with Crippen LogP contribution in [0.1, 0.15) is 11.1 Å². The first-order valence-electron chi connectivity index (χ1n) is 8.96. The molecule has 0 aliphatic carbocycles. The molecule has 1 atom stereocenters. The van der Waals surface area contributed by atoms with Crippen molar-refractivity contribution in [2.75, 3.05) is 18.2 Å². The molecule has 148 valence electrons. The summed E-state index contributed by atoms with van der Waals surface area (Å²) in [4.78, 5) is 11.3. The van der Waals surface area contributed by atoms with Crippen LogP contribution in [0.4, 0.5) is 17.3 Å². The lowest BCUT2D eigenvalue weighted by atomic mass is 10.1. The highest BCUT2D eigenvalue weighted by atomic mass is 32.2. The second-order valence-corrected chi connectivity index (χ2v) is 7.26. The third kappa shape index (κ3) is 3.94. The molecule has 2 N–H and O–H groups in total. The second kappa shape index (κ2) is 8.18. The molecule has 1 unspecified atom stereocenters. The van der Waals surface area contributed by atoms with Crippen molar-refractivity contribution in [3.63, 3.8) is 0 Å². The standard InChI is InChI=1S/C20H20N6O2S/c1-24(16-6-4-3-5-7-16)20-23-19(29-2)22-18-15(13-21-25(18)20)12-14-8-10-17(11-9-14)26(27)28/h3-11,13,26-27H,12H2,1-2H3. The molecule has 0 bridgehead atoms. The minimum absolute atomic E-state index is 0.271. The lowest BCUT2D eigenvalue weighted by Crippen LogP contribution is -2.99. The Balaban J connectivity index is 1.73. The van der Waals surface area contributed by atoms with Crippen molar-refractivity contribution in [2.45, 2.75) is 11.6 Å². The van der Waals surface area contributed by atoms with Crippen molar-refractivity contribution in [3.05, 3.63) is 77.1 Å². The molecule has 0 amide bonds. The Hall–Kier alpha value is -2.98. The number of para-hydroxylation sites is 1. The number of benzene rings is 2. The Labute approximate surface area is 172 Å². The minimum Gasteiger partial charge on any atom is -0.595 e. The van der Waals surface area contributed by atoms with E-state index >= 15 is 0 Å². The van der Waals surface area contributed by atoms with E-state index in [-0.39, 0.29) is 5.69 Å². The van der Waals surface area contributed by atoms with Gasteiger partial charge in [-0.2, -0.15) is 19.8 Å². The Kier molecular flexibility index (Phi) is 5.45. The molecule has 2 aromatic heterocycles. The van der Waals surface area contributed by atoms with Gasteiger partial charge >= 0.3 is 0 Å². The van der Waals surface area contributed by atoms with Crippen LogP contribution in [-0.4, -0.2) is 38.1 Å². The molecular weight excluding hydrogens is 388 g/mol. The van der Waals surface area contributed by atoms with Gasteiger partial charge in [0.1, 0.15) is 0 Å². The smallest absolute Gasteiger partial charge is 0.235 e. The number of hydrogen-bond donors (Lipinski definition) is 2. The number of aromatic nitrogens is 4. The van der Waals surface area contributed by atoms with Crippen molar-refractivity contribution in [2.24, 2.45) is 0 Å². The third-order valence-electron chi connectivity index (χ3n) is 4.63. The highest BCUT2D eigenvalue weighted by Gasteiger charge is 2.17. The Morgan fingerprint density at radius 1 is 1.10 bits per heavy atom. The summed E-state index contributed by atoms with van der Waals surface area (Å²) < 4.78 is 1.74. The van der Waals surface area contributed by atoms with Gasteiger partial charge in [-0.15, -0.1) is 0 Å². The lowest BCUT2D eigenvalue weighted by molar-refractivity contribution is -0.991. The summed E-state index contributed by atoms with van der Waals surface area (Å²) in [6.45, 7) is 0. The summed E-state index contributed by atoms with van der Waals surface area (Å²) in [7, 11) is 1.95. The zero-order valence-corrected chi connectivity index (χ0v) is 16.8. The molecule has 4 aromatic rings. The van der Waals surface area contributed by atoms with E-state index in [2.05, 4.69) is 15.1 Å². The van der Waals surface area contributed by atoms with E-state index in [0.717, 1.165) is 22.5 Å². The molecule has 0 aliphatic rings. The van der Waals surface area contributed by atoms with Crippen molar-refractivity contribution in [1.82, 2.24) is 19.6 Å². The molecule has 0 radical (unpaired) electrons. The topological polar surface area (TPSA) is 94.1 Å². The van der Waals surface area contributed by atoms with Gasteiger partial charge in [-0.25, -0.2) is 10.2 Å². The highest BCUT2D eigenvalue weighted by molar-refractivity contribution is 7.98. The number of nitrogens with one attached hydrogen (secondary N) is 1. The molecule has 0 saturated carbocycles. The normalized spacial score (nSPS) is 12.3. The molecule has 29 heavy (non-hydrogen) atoms. The number of anilines is 2. The summed E-state index contributed by atoms with van der Waals surface area (Å²) >= 11 is 1.48. The number of fused-ring (bicyclic) bond motifs is 1. The number of quaternary nitrogens is 1. The molecule has 2 heterocycles. The number of hydrogen-bond acceptors (Lipinski definition) is 7. The van der Waals surface area contributed by atoms with Gasteiger partial charge < -0.3 is 10.1 Å². The van der Waals surface area contributed by atoms with Crippen LogP contribution in [-0.2, 0) is 6.42 Å². The summed E-state index contributed by atoms with van der Waals surface area (Å²) in [5.41, 5.74) is 3.96. The second-order valence-electron chi connectivity index (χ2n) is 6.49. The van der Waals surface area contributed by atoms with Gasteiger partial charge in [0.05, 0.1) is 6.20 Å². The zero-order chi connectivity index (χ0) is 20.4. The van der Waals surface area contributed by atoms with Crippen LogP contribution in [0.25, 0.3) is 5.65 Å². The van der Waals surface area contributed by atoms with E-state index in [1.165, 1.54) is 11.8 Å². The van der Waals surface area contributed by atoms with Crippen molar-refractivity contribution in [1.29, 1.82) is 0 Å². The Morgan fingerprint density at radius 3 is 2.48 bits per heavy atom. The fourth-order valence-corrected chi connectivity index (χ4v) is 3.43. The average molecular weight is 408 g/mol. The quantitative estimate of drug-likeness (QED) is 0.374.